The number of ether oxygens (including phenoxy) is 1. The molecule has 0 aliphatic rings. The number of hydrogen-bond acceptors (Lipinski definition) is 7. The summed E-state index contributed by atoms with van der Waals surface area (Å²) in [6.45, 7) is 1.44. The van der Waals surface area contributed by atoms with Crippen LogP contribution in [0.4, 0.5) is 18.9 Å². The fraction of sp³-hybridized carbons (Fsp3) is 0.111. The highest BCUT2D eigenvalue weighted by Crippen LogP contribution is 2.26. The summed E-state index contributed by atoms with van der Waals surface area (Å²) in [6, 6.07) is 9.77. The van der Waals surface area contributed by atoms with Gasteiger partial charge >= 0.3 is 6.18 Å². The van der Waals surface area contributed by atoms with Crippen LogP contribution in [-0.4, -0.2) is 40.8 Å². The van der Waals surface area contributed by atoms with E-state index in [2.05, 4.69) is 30.5 Å². The number of nitrogens with zero attached hydrogens (tertiary/aromatic N) is 6. The minimum Gasteiger partial charge on any atom is -0.439 e. The number of hydrogen-bond donors (Lipinski definition) is 2. The molecule has 0 atom stereocenters. The van der Waals surface area contributed by atoms with Crippen molar-refractivity contribution in [3.05, 3.63) is 65.1 Å². The van der Waals surface area contributed by atoms with Crippen LogP contribution in [0.3, 0.4) is 0 Å². The molecule has 0 aliphatic carbocycles. The highest BCUT2D eigenvalue weighted by Gasteiger charge is 2.35. The molecule has 0 saturated carbocycles. The van der Waals surface area contributed by atoms with Crippen molar-refractivity contribution in [1.82, 2.24) is 34.9 Å². The predicted molar refractivity (Wildman–Crippen MR) is 105 cm³/mol. The molecule has 32 heavy (non-hydrogen) atoms. The summed E-state index contributed by atoms with van der Waals surface area (Å²) in [6.07, 6.45) is -3.34. The van der Waals surface area contributed by atoms with Gasteiger partial charge in [0.2, 0.25) is 17.5 Å². The van der Waals surface area contributed by atoms with E-state index in [0.717, 1.165) is 4.68 Å². The Morgan fingerprint density at radius 2 is 1.91 bits per heavy atom. The van der Waals surface area contributed by atoms with E-state index in [0.29, 0.717) is 16.5 Å². The normalized spacial score (nSPS) is 11.4. The molecule has 3 aromatic heterocycles. The summed E-state index contributed by atoms with van der Waals surface area (Å²) in [4.78, 5) is 23.8. The number of benzene rings is 1. The molecule has 0 aliphatic heterocycles. The number of H-pyrrole nitrogens is 1. The van der Waals surface area contributed by atoms with Crippen molar-refractivity contribution in [3.8, 4) is 17.6 Å². The molecule has 0 bridgehead atoms. The van der Waals surface area contributed by atoms with Crippen LogP contribution in [0.2, 0.25) is 5.02 Å². The average Bonchev–Trinajstić information content (AvgIpc) is 3.38. The van der Waals surface area contributed by atoms with E-state index in [4.69, 9.17) is 16.3 Å². The lowest BCUT2D eigenvalue weighted by Gasteiger charge is -2.06. The molecule has 0 spiro atoms. The minimum absolute atomic E-state index is 0.118. The maximum atomic E-state index is 12.7. The Hall–Kier alpha value is -4.00. The van der Waals surface area contributed by atoms with Crippen molar-refractivity contribution in [1.29, 1.82) is 0 Å². The van der Waals surface area contributed by atoms with Gasteiger partial charge in [-0.2, -0.15) is 22.8 Å². The number of pyridine rings is 1. The lowest BCUT2D eigenvalue weighted by molar-refractivity contribution is -0.144. The summed E-state index contributed by atoms with van der Waals surface area (Å²) >= 11 is 5.82. The van der Waals surface area contributed by atoms with Crippen LogP contribution < -0.4 is 10.1 Å². The maximum Gasteiger partial charge on any atom is 0.451 e. The number of aromatic nitrogens is 7. The quantitative estimate of drug-likeness (QED) is 0.460. The number of aromatic amines is 1. The van der Waals surface area contributed by atoms with Gasteiger partial charge in [0.15, 0.2) is 0 Å². The summed E-state index contributed by atoms with van der Waals surface area (Å²) < 4.78 is 44.6. The summed E-state index contributed by atoms with van der Waals surface area (Å²) in [5.41, 5.74) is 0.324. The molecule has 0 saturated heterocycles. The van der Waals surface area contributed by atoms with Crippen LogP contribution in [0, 0.1) is 6.92 Å². The summed E-state index contributed by atoms with van der Waals surface area (Å²) in [7, 11) is 0. The second-order valence-electron chi connectivity index (χ2n) is 6.27. The first-order valence-electron chi connectivity index (χ1n) is 8.83. The van der Waals surface area contributed by atoms with Crippen molar-refractivity contribution in [2.45, 2.75) is 13.1 Å². The molecule has 4 rings (SSSR count). The van der Waals surface area contributed by atoms with E-state index in [1.54, 1.807) is 35.4 Å². The number of rotatable bonds is 5. The van der Waals surface area contributed by atoms with Crippen molar-refractivity contribution in [3.63, 3.8) is 0 Å². The van der Waals surface area contributed by atoms with Crippen LogP contribution in [0.5, 0.6) is 11.6 Å². The Kier molecular flexibility index (Phi) is 5.48. The zero-order chi connectivity index (χ0) is 22.9. The van der Waals surface area contributed by atoms with Crippen LogP contribution >= 0.6 is 11.6 Å². The number of amides is 1. The van der Waals surface area contributed by atoms with E-state index in [1.807, 2.05) is 0 Å². The summed E-state index contributed by atoms with van der Waals surface area (Å²) in [5, 5.41) is 12.2. The van der Waals surface area contributed by atoms with Crippen LogP contribution in [-0.2, 0) is 6.18 Å². The SMILES string of the molecule is Cc1nc(C(=O)Nc2ccc(Oc3ccc(Cl)cc3)nc2)nn1-c1n[nH]c(C(F)(F)F)n1. The molecule has 0 fully saturated rings. The Morgan fingerprint density at radius 3 is 2.53 bits per heavy atom. The molecule has 3 heterocycles. The molecule has 1 aromatic carbocycles. The zero-order valence-corrected chi connectivity index (χ0v) is 16.8. The van der Waals surface area contributed by atoms with Crippen LogP contribution in [0.15, 0.2) is 42.6 Å². The average molecular weight is 465 g/mol. The van der Waals surface area contributed by atoms with Gasteiger partial charge < -0.3 is 10.1 Å². The highest BCUT2D eigenvalue weighted by molar-refractivity contribution is 6.30. The number of aryl methyl sites for hydroxylation is 1. The molecule has 4 aromatic rings. The molecular weight excluding hydrogens is 453 g/mol. The zero-order valence-electron chi connectivity index (χ0n) is 16.1. The number of halogens is 4. The van der Waals surface area contributed by atoms with E-state index in [-0.39, 0.29) is 17.5 Å². The smallest absolute Gasteiger partial charge is 0.439 e. The van der Waals surface area contributed by atoms with Gasteiger partial charge in [-0.1, -0.05) is 11.6 Å². The number of anilines is 1. The first-order valence-corrected chi connectivity index (χ1v) is 9.21. The number of nitrogens with one attached hydrogen (secondary N) is 2. The van der Waals surface area contributed by atoms with E-state index in [1.165, 1.54) is 19.2 Å². The van der Waals surface area contributed by atoms with E-state index in [9.17, 15) is 18.0 Å². The fourth-order valence-electron chi connectivity index (χ4n) is 2.48. The van der Waals surface area contributed by atoms with Gasteiger partial charge in [0.05, 0.1) is 11.9 Å². The number of carbonyl (C=O) groups excluding carboxylic acids is 1. The molecule has 1 amide bonds. The van der Waals surface area contributed by atoms with Gasteiger partial charge in [0, 0.05) is 11.1 Å². The van der Waals surface area contributed by atoms with Gasteiger partial charge in [-0.3, -0.25) is 9.89 Å². The molecule has 14 heteroatoms. The molecular formula is C18H12ClF3N8O2. The lowest BCUT2D eigenvalue weighted by Crippen LogP contribution is -2.14. The molecule has 2 N–H and O–H groups in total. The minimum atomic E-state index is -4.70. The lowest BCUT2D eigenvalue weighted by atomic mass is 10.3. The second kappa shape index (κ2) is 8.26. The van der Waals surface area contributed by atoms with Gasteiger partial charge in [-0.05, 0) is 37.3 Å². The van der Waals surface area contributed by atoms with Gasteiger partial charge in [-0.25, -0.2) is 9.97 Å². The Morgan fingerprint density at radius 1 is 1.16 bits per heavy atom. The van der Waals surface area contributed by atoms with Crippen LogP contribution in [0.1, 0.15) is 22.3 Å². The molecule has 0 unspecified atom stereocenters. The van der Waals surface area contributed by atoms with Gasteiger partial charge in [0.25, 0.3) is 11.9 Å². The fourth-order valence-corrected chi connectivity index (χ4v) is 2.60. The monoisotopic (exact) mass is 464 g/mol. The third-order valence-electron chi connectivity index (χ3n) is 3.93. The van der Waals surface area contributed by atoms with Crippen molar-refractivity contribution < 1.29 is 22.7 Å². The summed E-state index contributed by atoms with van der Waals surface area (Å²) in [5.74, 6) is -1.74. The number of alkyl halides is 3. The topological polar surface area (TPSA) is 124 Å². The van der Waals surface area contributed by atoms with E-state index >= 15 is 0 Å². The Balaban J connectivity index is 1.44. The first kappa shape index (κ1) is 21.2. The van der Waals surface area contributed by atoms with Gasteiger partial charge in [-0.15, -0.1) is 10.2 Å². The predicted octanol–water partition coefficient (Wildman–Crippen LogP) is 3.81. The Bertz CT molecular complexity index is 1250. The molecule has 0 radical (unpaired) electrons. The third kappa shape index (κ3) is 4.67. The largest absolute Gasteiger partial charge is 0.451 e. The van der Waals surface area contributed by atoms with E-state index < -0.39 is 23.9 Å². The van der Waals surface area contributed by atoms with Crippen molar-refractivity contribution in [2.75, 3.05) is 5.32 Å². The third-order valence-corrected chi connectivity index (χ3v) is 4.19. The Labute approximate surface area is 182 Å². The maximum absolute atomic E-state index is 12.7. The highest BCUT2D eigenvalue weighted by atomic mass is 35.5. The second-order valence-corrected chi connectivity index (χ2v) is 6.71. The molecule has 164 valence electrons. The standard InChI is InChI=1S/C18H12ClF3N8O2/c1-9-24-14(29-30(9)17-26-16(27-28-17)18(20,21)22)15(31)25-11-4-7-13(23-8-11)32-12-5-2-10(19)3-6-12/h2-8H,1H3,(H,25,31)(H,26,27,28). The molecule has 10 nitrogen and oxygen atoms in total. The van der Waals surface area contributed by atoms with Crippen molar-refractivity contribution in [2.24, 2.45) is 0 Å². The van der Waals surface area contributed by atoms with Crippen LogP contribution in [0.25, 0.3) is 5.95 Å². The van der Waals surface area contributed by atoms with Crippen molar-refractivity contribution >= 4 is 23.2 Å². The number of carbonyl (C=O) groups is 1. The van der Waals surface area contributed by atoms with Gasteiger partial charge in [0.1, 0.15) is 11.6 Å². The first-order chi connectivity index (χ1) is 15.2.